The van der Waals surface area contributed by atoms with Gasteiger partial charge in [0.25, 0.3) is 0 Å². The Balaban J connectivity index is 2.17. The van der Waals surface area contributed by atoms with Gasteiger partial charge in [-0.1, -0.05) is 6.92 Å². The van der Waals surface area contributed by atoms with E-state index in [1.165, 1.54) is 4.90 Å². The molecule has 1 fully saturated rings. The third-order valence-corrected chi connectivity index (χ3v) is 5.99. The van der Waals surface area contributed by atoms with Gasteiger partial charge in [-0.25, -0.2) is 8.42 Å². The van der Waals surface area contributed by atoms with Crippen LogP contribution in [-0.4, -0.2) is 63.2 Å². The maximum atomic E-state index is 12.3. The van der Waals surface area contributed by atoms with E-state index in [4.69, 9.17) is 0 Å². The molecular formula is C14H27F3N2O2S. The van der Waals surface area contributed by atoms with Gasteiger partial charge in [0, 0.05) is 11.8 Å². The van der Waals surface area contributed by atoms with Gasteiger partial charge in [-0.15, -0.1) is 0 Å². The largest absolute Gasteiger partial charge is 0.401 e. The van der Waals surface area contributed by atoms with Crippen molar-refractivity contribution in [1.29, 1.82) is 0 Å². The van der Waals surface area contributed by atoms with Gasteiger partial charge in [0.1, 0.15) is 0 Å². The third-order valence-electron chi connectivity index (χ3n) is 4.10. The van der Waals surface area contributed by atoms with E-state index in [-0.39, 0.29) is 17.5 Å². The Hall–Kier alpha value is -0.340. The van der Waals surface area contributed by atoms with Crippen molar-refractivity contribution in [3.05, 3.63) is 0 Å². The first kappa shape index (κ1) is 19.7. The number of piperidine rings is 1. The van der Waals surface area contributed by atoms with Gasteiger partial charge in [-0.05, 0) is 51.7 Å². The summed E-state index contributed by atoms with van der Waals surface area (Å²) in [6.07, 6.45) is -1.68. The number of hydrogen-bond donors (Lipinski definition) is 1. The quantitative estimate of drug-likeness (QED) is 0.732. The topological polar surface area (TPSA) is 49.4 Å². The van der Waals surface area contributed by atoms with Crippen molar-refractivity contribution >= 4 is 9.84 Å². The first-order valence-corrected chi connectivity index (χ1v) is 9.66. The summed E-state index contributed by atoms with van der Waals surface area (Å²) in [4.78, 5) is 1.46. The molecule has 1 N–H and O–H groups in total. The number of nitrogens with one attached hydrogen (secondary N) is 1. The lowest BCUT2D eigenvalue weighted by Gasteiger charge is -2.32. The fourth-order valence-corrected chi connectivity index (χ4v) is 3.89. The monoisotopic (exact) mass is 344 g/mol. The Kier molecular flexibility index (Phi) is 7.61. The van der Waals surface area contributed by atoms with E-state index < -0.39 is 22.6 Å². The molecule has 1 aliphatic heterocycles. The predicted molar refractivity (Wildman–Crippen MR) is 81.6 cm³/mol. The van der Waals surface area contributed by atoms with E-state index in [0.717, 1.165) is 19.3 Å². The van der Waals surface area contributed by atoms with Crippen LogP contribution in [0.2, 0.25) is 0 Å². The fourth-order valence-electron chi connectivity index (χ4n) is 2.78. The second-order valence-electron chi connectivity index (χ2n) is 6.18. The zero-order valence-corrected chi connectivity index (χ0v) is 14.1. The molecular weight excluding hydrogens is 317 g/mol. The zero-order valence-electron chi connectivity index (χ0n) is 13.3. The van der Waals surface area contributed by atoms with Crippen LogP contribution in [0.4, 0.5) is 13.2 Å². The molecule has 22 heavy (non-hydrogen) atoms. The molecule has 132 valence electrons. The minimum absolute atomic E-state index is 0.0877. The van der Waals surface area contributed by atoms with Crippen molar-refractivity contribution in [2.45, 2.75) is 45.3 Å². The number of hydrogen-bond acceptors (Lipinski definition) is 4. The highest BCUT2D eigenvalue weighted by molar-refractivity contribution is 7.91. The molecule has 0 aromatic carbocycles. The Morgan fingerprint density at radius 3 is 2.36 bits per heavy atom. The summed E-state index contributed by atoms with van der Waals surface area (Å²) in [5.74, 6) is 0.705. The average molecular weight is 344 g/mol. The van der Waals surface area contributed by atoms with Gasteiger partial charge in [0.15, 0.2) is 9.84 Å². The number of likely N-dealkylation sites (tertiary alicyclic amines) is 1. The maximum Gasteiger partial charge on any atom is 0.401 e. The maximum absolute atomic E-state index is 12.3. The molecule has 0 aromatic heterocycles. The molecule has 1 heterocycles. The van der Waals surface area contributed by atoms with Gasteiger partial charge in [0.05, 0.1) is 12.3 Å². The van der Waals surface area contributed by atoms with E-state index in [1.54, 1.807) is 6.92 Å². The van der Waals surface area contributed by atoms with Crippen LogP contribution in [0.1, 0.15) is 33.1 Å². The highest BCUT2D eigenvalue weighted by Crippen LogP contribution is 2.23. The van der Waals surface area contributed by atoms with Crippen LogP contribution in [0, 0.1) is 5.92 Å². The van der Waals surface area contributed by atoms with Gasteiger partial charge in [0.2, 0.25) is 0 Å². The normalized spacial score (nSPS) is 20.2. The Morgan fingerprint density at radius 1 is 1.27 bits per heavy atom. The van der Waals surface area contributed by atoms with Gasteiger partial charge in [-0.3, -0.25) is 4.90 Å². The molecule has 0 aromatic rings. The van der Waals surface area contributed by atoms with Crippen LogP contribution in [0.15, 0.2) is 0 Å². The summed E-state index contributed by atoms with van der Waals surface area (Å²) in [6, 6.07) is -0.0877. The summed E-state index contributed by atoms with van der Waals surface area (Å²) in [5, 5.41) is 3.20. The van der Waals surface area contributed by atoms with E-state index in [1.807, 2.05) is 6.92 Å². The fraction of sp³-hybridized carbons (Fsp3) is 1.00. The molecule has 1 rings (SSSR count). The number of sulfone groups is 1. The summed E-state index contributed by atoms with van der Waals surface area (Å²) < 4.78 is 59.9. The van der Waals surface area contributed by atoms with Crippen LogP contribution in [0.25, 0.3) is 0 Å². The number of halogens is 3. The lowest BCUT2D eigenvalue weighted by molar-refractivity contribution is -0.148. The van der Waals surface area contributed by atoms with Crippen molar-refractivity contribution in [3.8, 4) is 0 Å². The van der Waals surface area contributed by atoms with Crippen LogP contribution in [0.5, 0.6) is 0 Å². The Bertz CT molecular complexity index is 418. The molecule has 0 radical (unpaired) electrons. The summed E-state index contributed by atoms with van der Waals surface area (Å²) >= 11 is 0. The molecule has 1 atom stereocenters. The minimum atomic E-state index is -4.12. The second kappa shape index (κ2) is 8.49. The molecule has 0 saturated carbocycles. The van der Waals surface area contributed by atoms with Crippen LogP contribution in [0.3, 0.4) is 0 Å². The lowest BCUT2D eigenvalue weighted by Crippen LogP contribution is -2.41. The molecule has 0 bridgehead atoms. The molecule has 8 heteroatoms. The van der Waals surface area contributed by atoms with Crippen molar-refractivity contribution in [3.63, 3.8) is 0 Å². The second-order valence-corrected chi connectivity index (χ2v) is 8.58. The molecule has 4 nitrogen and oxygen atoms in total. The van der Waals surface area contributed by atoms with Crippen LogP contribution >= 0.6 is 0 Å². The molecule has 0 amide bonds. The van der Waals surface area contributed by atoms with Crippen molar-refractivity contribution in [1.82, 2.24) is 10.2 Å². The summed E-state index contributed by atoms with van der Waals surface area (Å²) in [7, 11) is -2.97. The predicted octanol–water partition coefficient (Wildman–Crippen LogP) is 2.06. The summed E-state index contributed by atoms with van der Waals surface area (Å²) in [6.45, 7) is 4.36. The number of nitrogens with zero attached hydrogens (tertiary/aromatic N) is 1. The van der Waals surface area contributed by atoms with Gasteiger partial charge in [-0.2, -0.15) is 13.2 Å². The SMILES string of the molecule is CCS(=O)(=O)C[C@H](C)NCCC1CCN(CC(F)(F)F)CC1. The number of rotatable bonds is 8. The van der Waals surface area contributed by atoms with E-state index >= 15 is 0 Å². The average Bonchev–Trinajstić information content (AvgIpc) is 2.38. The zero-order chi connectivity index (χ0) is 16.8. The molecule has 0 unspecified atom stereocenters. The van der Waals surface area contributed by atoms with Gasteiger partial charge < -0.3 is 5.32 Å². The van der Waals surface area contributed by atoms with E-state index in [2.05, 4.69) is 5.32 Å². The van der Waals surface area contributed by atoms with Crippen LogP contribution in [-0.2, 0) is 9.84 Å². The van der Waals surface area contributed by atoms with E-state index in [0.29, 0.717) is 25.6 Å². The first-order chi connectivity index (χ1) is 10.1. The molecule has 1 saturated heterocycles. The Morgan fingerprint density at radius 2 is 1.86 bits per heavy atom. The number of alkyl halides is 3. The van der Waals surface area contributed by atoms with Crippen molar-refractivity contribution in [2.24, 2.45) is 5.92 Å². The highest BCUT2D eigenvalue weighted by atomic mass is 32.2. The molecule has 0 aliphatic carbocycles. The standard InChI is InChI=1S/C14H27F3N2O2S/c1-3-22(20,21)10-12(2)18-7-4-13-5-8-19(9-6-13)11-14(15,16)17/h12-13,18H,3-11H2,1-2H3/t12-/m0/s1. The first-order valence-electron chi connectivity index (χ1n) is 7.84. The molecule has 0 spiro atoms. The van der Waals surface area contributed by atoms with Crippen LogP contribution < -0.4 is 5.32 Å². The Labute approximate surface area is 131 Å². The van der Waals surface area contributed by atoms with E-state index in [9.17, 15) is 21.6 Å². The lowest BCUT2D eigenvalue weighted by atomic mass is 9.93. The highest BCUT2D eigenvalue weighted by Gasteiger charge is 2.32. The molecule has 1 aliphatic rings. The van der Waals surface area contributed by atoms with Crippen molar-refractivity contribution in [2.75, 3.05) is 37.7 Å². The minimum Gasteiger partial charge on any atom is -0.313 e. The van der Waals surface area contributed by atoms with Gasteiger partial charge >= 0.3 is 6.18 Å². The summed E-state index contributed by atoms with van der Waals surface area (Å²) in [5.41, 5.74) is 0. The van der Waals surface area contributed by atoms with Crippen molar-refractivity contribution < 1.29 is 21.6 Å². The third kappa shape index (κ3) is 8.33. The smallest absolute Gasteiger partial charge is 0.313 e.